The molecule has 8 heavy (non-hydrogen) atoms. The van der Waals surface area contributed by atoms with Crippen molar-refractivity contribution in [1.29, 1.82) is 0 Å². The van der Waals surface area contributed by atoms with Gasteiger partial charge in [-0.25, -0.2) is 0 Å². The molecule has 0 aromatic rings. The van der Waals surface area contributed by atoms with E-state index in [4.69, 9.17) is 14.7 Å². The Kier molecular flexibility index (Phi) is 3.97. The summed E-state index contributed by atoms with van der Waals surface area (Å²) in [6.07, 6.45) is 0. The molecule has 1 heterocycles. The fraction of sp³-hybridized carbons (Fsp3) is 0. The Morgan fingerprint density at radius 3 is 1.00 bits per heavy atom. The topological polar surface area (TPSA) is 85.8 Å². The van der Waals surface area contributed by atoms with Gasteiger partial charge in [0.2, 0.25) is 0 Å². The van der Waals surface area contributed by atoms with Crippen LogP contribution in [0.1, 0.15) is 0 Å². The Bertz CT molecular complexity index is 74.2. The van der Waals surface area contributed by atoms with Crippen LogP contribution in [0.15, 0.2) is 0 Å². The molecule has 1 aliphatic heterocycles. The van der Waals surface area contributed by atoms with E-state index in [1.54, 1.807) is 0 Å². The van der Waals surface area contributed by atoms with Gasteiger partial charge in [0.25, 0.3) is 0 Å². The smallest absolute Gasteiger partial charge is 0 e. The molecule has 1 saturated heterocycles. The zero-order valence-electron chi connectivity index (χ0n) is 4.02. The zero-order valence-corrected chi connectivity index (χ0v) is 10.8. The third-order valence-electron chi connectivity index (χ3n) is 0.275. The first kappa shape index (κ1) is 12.2. The van der Waals surface area contributed by atoms with Crippen LogP contribution < -0.4 is 0 Å². The molecule has 0 amide bonds. The van der Waals surface area contributed by atoms with Gasteiger partial charge in [0, 0.05) is 39.0 Å². The van der Waals surface area contributed by atoms with Gasteiger partial charge in [-0.1, -0.05) is 0 Å². The summed E-state index contributed by atoms with van der Waals surface area (Å²) in [5.41, 5.74) is 0. The zero-order chi connectivity index (χ0) is 4.86. The summed E-state index contributed by atoms with van der Waals surface area (Å²) in [6.45, 7) is 0. The molecular weight excluding hydrogens is 242 g/mol. The maximum Gasteiger partial charge on any atom is 0 e. The molecule has 0 bridgehead atoms. The summed E-state index contributed by atoms with van der Waals surface area (Å²) in [4.78, 5) is 23.7. The minimum Gasteiger partial charge on any atom is 0 e. The molecule has 0 aromatic heterocycles. The van der Waals surface area contributed by atoms with Gasteiger partial charge in [0.15, 0.2) is 0 Å². The molecule has 1 rings (SSSR count). The fourth-order valence-electron chi connectivity index (χ4n) is 0.0447. The van der Waals surface area contributed by atoms with Gasteiger partial charge in [-0.2, -0.15) is 0 Å². The molecule has 0 atom stereocenters. The van der Waals surface area contributed by atoms with Crippen LogP contribution in [0.4, 0.5) is 0 Å². The Morgan fingerprint density at radius 2 is 1.00 bits per heavy atom. The summed E-state index contributed by atoms with van der Waals surface area (Å²) in [5.74, 6) is 0. The van der Waals surface area contributed by atoms with E-state index in [0.717, 1.165) is 0 Å². The second-order valence-electron chi connectivity index (χ2n) is 0.982. The van der Waals surface area contributed by atoms with Gasteiger partial charge in [-0.05, 0) is 0 Å². The molecule has 0 saturated carbocycles. The van der Waals surface area contributed by atoms with Crippen molar-refractivity contribution in [1.82, 2.24) is 0 Å². The summed E-state index contributed by atoms with van der Waals surface area (Å²) in [7, 11) is -4.80. The van der Waals surface area contributed by atoms with E-state index in [-0.39, 0.29) is 39.0 Å². The number of rotatable bonds is 0. The van der Waals surface area contributed by atoms with E-state index in [9.17, 15) is 0 Å². The third kappa shape index (κ3) is 4.36. The molecule has 1 aliphatic rings. The standard InChI is InChI=1S/H3O5P.2Zn/c1-6(2,3)4-5-6;;/h1-3H;;. The van der Waals surface area contributed by atoms with E-state index in [1.165, 1.54) is 0 Å². The van der Waals surface area contributed by atoms with Crippen LogP contribution in [0.5, 0.6) is 0 Å². The first-order valence-corrected chi connectivity index (χ1v) is 3.06. The maximum absolute atomic E-state index is 7.89. The predicted octanol–water partition coefficient (Wildman–Crippen LogP) is -0.952. The van der Waals surface area contributed by atoms with Crippen LogP contribution in [0.3, 0.4) is 0 Å². The molecule has 0 aliphatic carbocycles. The number of hydrogen-bond acceptors (Lipinski definition) is 5. The predicted molar refractivity (Wildman–Crippen MR) is 15.7 cm³/mol. The van der Waals surface area contributed by atoms with E-state index >= 15 is 0 Å². The van der Waals surface area contributed by atoms with Gasteiger partial charge in [-0.15, -0.1) is 0 Å². The van der Waals surface area contributed by atoms with Crippen molar-refractivity contribution in [2.45, 2.75) is 0 Å². The summed E-state index contributed by atoms with van der Waals surface area (Å²) >= 11 is 0. The molecule has 0 unspecified atom stereocenters. The van der Waals surface area contributed by atoms with Crippen LogP contribution in [-0.2, 0) is 48.3 Å². The first-order chi connectivity index (χ1) is 2.47. The summed E-state index contributed by atoms with van der Waals surface area (Å²) in [5, 5.41) is 0. The average molecular weight is 245 g/mol. The normalized spacial score (nSPS) is 32.1. The molecule has 5 nitrogen and oxygen atoms in total. The van der Waals surface area contributed by atoms with E-state index in [2.05, 4.69) is 9.35 Å². The Hall–Kier alpha value is 1.48. The van der Waals surface area contributed by atoms with Crippen molar-refractivity contribution in [3.63, 3.8) is 0 Å². The van der Waals surface area contributed by atoms with Crippen molar-refractivity contribution < 1.29 is 63.0 Å². The van der Waals surface area contributed by atoms with Crippen LogP contribution in [0, 0.1) is 0 Å². The largest absolute Gasteiger partial charge is 0 e. The van der Waals surface area contributed by atoms with Gasteiger partial charge in [0.1, 0.15) is 0 Å². The maximum atomic E-state index is 7.89. The minimum absolute atomic E-state index is 0. The minimum atomic E-state index is -4.80. The van der Waals surface area contributed by atoms with Crippen LogP contribution in [0.2, 0.25) is 0 Å². The molecule has 1 fully saturated rings. The van der Waals surface area contributed by atoms with Crippen LogP contribution in [-0.4, -0.2) is 14.7 Å². The van der Waals surface area contributed by atoms with E-state index < -0.39 is 7.74 Å². The van der Waals surface area contributed by atoms with E-state index in [0.29, 0.717) is 0 Å². The molecule has 3 N–H and O–H groups in total. The molecule has 0 spiro atoms. The van der Waals surface area contributed by atoms with Crippen molar-refractivity contribution >= 4 is 7.74 Å². The van der Waals surface area contributed by atoms with Crippen molar-refractivity contribution in [2.24, 2.45) is 0 Å². The quantitative estimate of drug-likeness (QED) is 0.221. The average Bonchev–Trinajstić information content (AvgIpc) is 1.73. The molecule has 42 valence electrons. The second-order valence-corrected chi connectivity index (χ2v) is 2.95. The van der Waals surface area contributed by atoms with Crippen molar-refractivity contribution in [3.8, 4) is 0 Å². The summed E-state index contributed by atoms with van der Waals surface area (Å²) in [6, 6.07) is 0. The molecule has 0 aromatic carbocycles. The van der Waals surface area contributed by atoms with Gasteiger partial charge < -0.3 is 0 Å². The molecule has 8 heteroatoms. The van der Waals surface area contributed by atoms with Crippen LogP contribution >= 0.6 is 7.74 Å². The van der Waals surface area contributed by atoms with E-state index in [1.807, 2.05) is 0 Å². The van der Waals surface area contributed by atoms with Crippen molar-refractivity contribution in [3.05, 3.63) is 0 Å². The second kappa shape index (κ2) is 2.61. The SMILES string of the molecule is OP1(O)(O)OO1.[Zn].[Zn]. The third-order valence-corrected chi connectivity index (χ3v) is 0.824. The Morgan fingerprint density at radius 1 is 0.875 bits per heavy atom. The van der Waals surface area contributed by atoms with Crippen molar-refractivity contribution in [2.75, 3.05) is 0 Å². The van der Waals surface area contributed by atoms with Gasteiger partial charge >= 0.3 is 31.8 Å². The Labute approximate surface area is 70.8 Å². The fourth-order valence-corrected chi connectivity index (χ4v) is 0.402. The molecule has 0 radical (unpaired) electrons. The number of hydrogen-bond donors (Lipinski definition) is 3. The molecular formula is H3O5PZn2. The monoisotopic (exact) mass is 242 g/mol. The Balaban J connectivity index is 0. The first-order valence-electron chi connectivity index (χ1n) is 1.13. The van der Waals surface area contributed by atoms with Gasteiger partial charge in [0.05, 0.1) is 0 Å². The summed E-state index contributed by atoms with van der Waals surface area (Å²) < 4.78 is 6.76. The van der Waals surface area contributed by atoms with Crippen LogP contribution in [0.25, 0.3) is 0 Å². The van der Waals surface area contributed by atoms with Gasteiger partial charge in [-0.3, -0.25) is 0 Å².